The van der Waals surface area contributed by atoms with Crippen LogP contribution in [0.5, 0.6) is 0 Å². The van der Waals surface area contributed by atoms with Crippen LogP contribution >= 0.6 is 0 Å². The fraction of sp³-hybridized carbons (Fsp3) is 0.700. The molecule has 13 heavy (non-hydrogen) atoms. The molecule has 1 N–H and O–H groups in total. The van der Waals surface area contributed by atoms with E-state index in [-0.39, 0.29) is 0 Å². The van der Waals surface area contributed by atoms with Crippen LogP contribution in [0.1, 0.15) is 33.6 Å². The molecule has 0 rings (SSSR count). The molecule has 0 spiro atoms. The number of hydrogen-bond acceptors (Lipinski definition) is 2. The molecule has 3 nitrogen and oxygen atoms in total. The predicted octanol–water partition coefficient (Wildman–Crippen LogP) is 2.22. The van der Waals surface area contributed by atoms with Crippen molar-refractivity contribution in [3.8, 4) is 0 Å². The van der Waals surface area contributed by atoms with Crippen molar-refractivity contribution < 1.29 is 14.6 Å². The molecule has 0 saturated heterocycles. The van der Waals surface area contributed by atoms with Gasteiger partial charge in [0.25, 0.3) is 0 Å². The Balaban J connectivity index is 4.15. The van der Waals surface area contributed by atoms with Crippen LogP contribution in [0, 0.1) is 0 Å². The van der Waals surface area contributed by atoms with Gasteiger partial charge in [-0.05, 0) is 20.3 Å². The van der Waals surface area contributed by atoms with Crippen molar-refractivity contribution in [1.82, 2.24) is 0 Å². The van der Waals surface area contributed by atoms with E-state index in [0.717, 1.165) is 6.42 Å². The Kier molecular flexibility index (Phi) is 5.39. The maximum atomic E-state index is 10.9. The largest absolute Gasteiger partial charge is 0.479 e. The summed E-state index contributed by atoms with van der Waals surface area (Å²) in [7, 11) is 0. The Bertz CT molecular complexity index is 187. The number of rotatable bonds is 6. The molecule has 1 unspecified atom stereocenters. The molecular formula is C10H18O3. The summed E-state index contributed by atoms with van der Waals surface area (Å²) in [5, 5.41) is 8.91. The van der Waals surface area contributed by atoms with E-state index >= 15 is 0 Å². The lowest BCUT2D eigenvalue weighted by atomic mass is 10.0. The van der Waals surface area contributed by atoms with E-state index in [9.17, 15) is 4.79 Å². The molecule has 0 bridgehead atoms. The molecule has 76 valence electrons. The zero-order valence-corrected chi connectivity index (χ0v) is 8.54. The van der Waals surface area contributed by atoms with E-state index in [4.69, 9.17) is 9.84 Å². The maximum Gasteiger partial charge on any atom is 0.335 e. The molecule has 0 aromatic carbocycles. The van der Waals surface area contributed by atoms with Crippen LogP contribution in [0.25, 0.3) is 0 Å². The Morgan fingerprint density at radius 2 is 2.23 bits per heavy atom. The van der Waals surface area contributed by atoms with Crippen molar-refractivity contribution in [1.29, 1.82) is 0 Å². The number of carboxylic acid groups (broad SMARTS) is 1. The molecule has 1 atom stereocenters. The van der Waals surface area contributed by atoms with Gasteiger partial charge in [0.2, 0.25) is 0 Å². The van der Waals surface area contributed by atoms with E-state index in [1.54, 1.807) is 13.0 Å². The third kappa shape index (κ3) is 4.08. The quantitative estimate of drug-likeness (QED) is 0.647. The molecule has 0 saturated carbocycles. The van der Waals surface area contributed by atoms with Crippen molar-refractivity contribution in [2.24, 2.45) is 0 Å². The van der Waals surface area contributed by atoms with Crippen molar-refractivity contribution in [2.45, 2.75) is 39.2 Å². The molecule has 0 aromatic heterocycles. The summed E-state index contributed by atoms with van der Waals surface area (Å²) in [6, 6.07) is 0. The molecule has 0 radical (unpaired) electrons. The first kappa shape index (κ1) is 12.2. The highest BCUT2D eigenvalue weighted by molar-refractivity contribution is 5.76. The van der Waals surface area contributed by atoms with Crippen LogP contribution in [-0.4, -0.2) is 23.3 Å². The summed E-state index contributed by atoms with van der Waals surface area (Å²) in [5.74, 6) is -0.890. The van der Waals surface area contributed by atoms with Gasteiger partial charge in [0.15, 0.2) is 5.60 Å². The number of carbonyl (C=O) groups is 1. The van der Waals surface area contributed by atoms with Crippen LogP contribution in [0.15, 0.2) is 12.2 Å². The summed E-state index contributed by atoms with van der Waals surface area (Å²) in [5.41, 5.74) is -1.03. The topological polar surface area (TPSA) is 46.5 Å². The van der Waals surface area contributed by atoms with Gasteiger partial charge in [0.1, 0.15) is 0 Å². The number of carboxylic acids is 1. The van der Waals surface area contributed by atoms with Gasteiger partial charge in [-0.25, -0.2) is 4.79 Å². The van der Waals surface area contributed by atoms with Gasteiger partial charge in [-0.3, -0.25) is 0 Å². The fourth-order valence-corrected chi connectivity index (χ4v) is 1.05. The summed E-state index contributed by atoms with van der Waals surface area (Å²) in [4.78, 5) is 10.9. The Hall–Kier alpha value is -0.830. The van der Waals surface area contributed by atoms with Crippen molar-refractivity contribution in [3.63, 3.8) is 0 Å². The molecule has 3 heteroatoms. The Morgan fingerprint density at radius 3 is 2.62 bits per heavy atom. The fourth-order valence-electron chi connectivity index (χ4n) is 1.05. The minimum Gasteiger partial charge on any atom is -0.479 e. The van der Waals surface area contributed by atoms with Crippen LogP contribution in [-0.2, 0) is 9.53 Å². The number of aliphatic carboxylic acids is 1. The number of hydrogen-bond donors (Lipinski definition) is 1. The lowest BCUT2D eigenvalue weighted by Gasteiger charge is -2.23. The normalized spacial score (nSPS) is 15.9. The first-order chi connectivity index (χ1) is 6.06. The third-order valence-electron chi connectivity index (χ3n) is 1.91. The molecule has 0 aliphatic rings. The zero-order chi connectivity index (χ0) is 10.3. The molecule has 0 heterocycles. The van der Waals surface area contributed by atoms with E-state index in [0.29, 0.717) is 13.0 Å². The molecule has 0 amide bonds. The van der Waals surface area contributed by atoms with E-state index in [1.807, 2.05) is 19.9 Å². The van der Waals surface area contributed by atoms with Gasteiger partial charge in [-0.1, -0.05) is 25.5 Å². The average molecular weight is 186 g/mol. The van der Waals surface area contributed by atoms with Gasteiger partial charge in [-0.2, -0.15) is 0 Å². The van der Waals surface area contributed by atoms with Crippen molar-refractivity contribution in [2.75, 3.05) is 6.61 Å². The monoisotopic (exact) mass is 186 g/mol. The van der Waals surface area contributed by atoms with Crippen molar-refractivity contribution in [3.05, 3.63) is 12.2 Å². The summed E-state index contributed by atoms with van der Waals surface area (Å²) < 4.78 is 5.29. The summed E-state index contributed by atoms with van der Waals surface area (Å²) in [6.07, 6.45) is 4.99. The zero-order valence-electron chi connectivity index (χ0n) is 8.54. The van der Waals surface area contributed by atoms with Gasteiger partial charge in [0.05, 0.1) is 6.61 Å². The SMILES string of the molecule is CC=CCOC(C)(CCC)C(=O)O. The van der Waals surface area contributed by atoms with Crippen LogP contribution in [0.3, 0.4) is 0 Å². The van der Waals surface area contributed by atoms with Crippen LogP contribution < -0.4 is 0 Å². The predicted molar refractivity (Wildman–Crippen MR) is 51.7 cm³/mol. The first-order valence-electron chi connectivity index (χ1n) is 4.55. The molecule has 0 fully saturated rings. The highest BCUT2D eigenvalue weighted by Gasteiger charge is 2.32. The molecular weight excluding hydrogens is 168 g/mol. The Morgan fingerprint density at radius 1 is 1.62 bits per heavy atom. The van der Waals surface area contributed by atoms with Crippen LogP contribution in [0.2, 0.25) is 0 Å². The average Bonchev–Trinajstić information content (AvgIpc) is 2.05. The summed E-state index contributed by atoms with van der Waals surface area (Å²) >= 11 is 0. The molecule has 0 aromatic rings. The number of ether oxygens (including phenoxy) is 1. The van der Waals surface area contributed by atoms with E-state index in [1.165, 1.54) is 0 Å². The van der Waals surface area contributed by atoms with E-state index in [2.05, 4.69) is 0 Å². The van der Waals surface area contributed by atoms with Gasteiger partial charge in [-0.15, -0.1) is 0 Å². The van der Waals surface area contributed by atoms with Gasteiger partial charge >= 0.3 is 5.97 Å². The minimum atomic E-state index is -1.03. The smallest absolute Gasteiger partial charge is 0.335 e. The molecule has 0 aliphatic heterocycles. The minimum absolute atomic E-state index is 0.360. The maximum absolute atomic E-state index is 10.9. The second-order valence-corrected chi connectivity index (χ2v) is 3.17. The number of allylic oxidation sites excluding steroid dienone is 1. The lowest BCUT2D eigenvalue weighted by molar-refractivity contribution is -0.163. The van der Waals surface area contributed by atoms with Crippen molar-refractivity contribution >= 4 is 5.97 Å². The van der Waals surface area contributed by atoms with E-state index < -0.39 is 11.6 Å². The second-order valence-electron chi connectivity index (χ2n) is 3.17. The molecule has 0 aliphatic carbocycles. The standard InChI is InChI=1S/C10H18O3/c1-4-6-8-13-10(3,7-5-2)9(11)12/h4,6H,5,7-8H2,1-3H3,(H,11,12). The lowest BCUT2D eigenvalue weighted by Crippen LogP contribution is -2.38. The summed E-state index contributed by atoms with van der Waals surface area (Å²) in [6.45, 7) is 5.79. The van der Waals surface area contributed by atoms with Gasteiger partial charge < -0.3 is 9.84 Å². The van der Waals surface area contributed by atoms with Gasteiger partial charge in [0, 0.05) is 0 Å². The Labute approximate surface area is 79.4 Å². The van der Waals surface area contributed by atoms with Crippen LogP contribution in [0.4, 0.5) is 0 Å². The third-order valence-corrected chi connectivity index (χ3v) is 1.91. The highest BCUT2D eigenvalue weighted by Crippen LogP contribution is 2.17. The second kappa shape index (κ2) is 5.75. The first-order valence-corrected chi connectivity index (χ1v) is 4.55. The highest BCUT2D eigenvalue weighted by atomic mass is 16.5.